The van der Waals surface area contributed by atoms with Crippen LogP contribution >= 0.6 is 0 Å². The van der Waals surface area contributed by atoms with Gasteiger partial charge >= 0.3 is 0 Å². The Morgan fingerprint density at radius 2 is 1.61 bits per heavy atom. The molecule has 0 heterocycles. The first-order chi connectivity index (χ1) is 8.78. The van der Waals surface area contributed by atoms with Crippen LogP contribution in [0.3, 0.4) is 0 Å². The first-order valence-corrected chi connectivity index (χ1v) is 6.07. The summed E-state index contributed by atoms with van der Waals surface area (Å²) in [4.78, 5) is 0. The Morgan fingerprint density at radius 1 is 0.944 bits per heavy atom. The van der Waals surface area contributed by atoms with Gasteiger partial charge in [-0.1, -0.05) is 18.2 Å². The second-order valence-corrected chi connectivity index (χ2v) is 4.24. The van der Waals surface area contributed by atoms with Crippen LogP contribution in [0.15, 0.2) is 30.3 Å². The number of fused-ring (bicyclic) bond motifs is 1. The van der Waals surface area contributed by atoms with Crippen LogP contribution in [0, 0.1) is 0 Å². The zero-order valence-corrected chi connectivity index (χ0v) is 11.1. The molecule has 0 saturated heterocycles. The summed E-state index contributed by atoms with van der Waals surface area (Å²) in [6.07, 6.45) is 1.03. The van der Waals surface area contributed by atoms with Crippen LogP contribution in [-0.4, -0.2) is 27.8 Å². The van der Waals surface area contributed by atoms with Crippen molar-refractivity contribution < 1.29 is 9.47 Å². The first kappa shape index (κ1) is 12.7. The lowest BCUT2D eigenvalue weighted by Gasteiger charge is -2.10. The first-order valence-electron chi connectivity index (χ1n) is 6.07. The van der Waals surface area contributed by atoms with Gasteiger partial charge in [0.1, 0.15) is 0 Å². The lowest BCUT2D eigenvalue weighted by Crippen LogP contribution is -2.10. The molecule has 0 aliphatic heterocycles. The molecule has 0 bridgehead atoms. The van der Waals surface area contributed by atoms with E-state index in [1.54, 1.807) is 14.2 Å². The van der Waals surface area contributed by atoms with E-state index in [4.69, 9.17) is 9.47 Å². The summed E-state index contributed by atoms with van der Waals surface area (Å²) in [5.41, 5.74) is 1.32. The van der Waals surface area contributed by atoms with Gasteiger partial charge in [-0.2, -0.15) is 0 Å². The Balaban J connectivity index is 2.42. The molecule has 2 aromatic rings. The molecule has 18 heavy (non-hydrogen) atoms. The fourth-order valence-electron chi connectivity index (χ4n) is 2.05. The van der Waals surface area contributed by atoms with Crippen molar-refractivity contribution in [2.24, 2.45) is 0 Å². The Morgan fingerprint density at radius 3 is 2.22 bits per heavy atom. The third-order valence-electron chi connectivity index (χ3n) is 3.07. The number of likely N-dealkylation sites (N-methyl/N-ethyl adjacent to an activating group) is 1. The van der Waals surface area contributed by atoms with Crippen LogP contribution in [0.4, 0.5) is 0 Å². The van der Waals surface area contributed by atoms with E-state index in [0.717, 1.165) is 24.5 Å². The fourth-order valence-corrected chi connectivity index (χ4v) is 2.05. The molecule has 0 aromatic heterocycles. The Bertz CT molecular complexity index is 537. The average molecular weight is 245 g/mol. The summed E-state index contributed by atoms with van der Waals surface area (Å²) in [7, 11) is 5.29. The number of methoxy groups -OCH3 is 2. The quantitative estimate of drug-likeness (QED) is 0.878. The maximum atomic E-state index is 5.33. The van der Waals surface area contributed by atoms with Crippen LogP contribution in [0.25, 0.3) is 10.8 Å². The molecule has 0 atom stereocenters. The molecule has 3 nitrogen and oxygen atoms in total. The van der Waals surface area contributed by atoms with Crippen LogP contribution in [0.5, 0.6) is 11.5 Å². The average Bonchev–Trinajstić information content (AvgIpc) is 2.43. The van der Waals surface area contributed by atoms with Crippen LogP contribution in [-0.2, 0) is 6.42 Å². The maximum absolute atomic E-state index is 5.33. The summed E-state index contributed by atoms with van der Waals surface area (Å²) in [6, 6.07) is 10.5. The topological polar surface area (TPSA) is 30.5 Å². The summed E-state index contributed by atoms with van der Waals surface area (Å²) < 4.78 is 10.6. The highest BCUT2D eigenvalue weighted by Gasteiger charge is 2.06. The predicted molar refractivity (Wildman–Crippen MR) is 74.7 cm³/mol. The number of nitrogens with one attached hydrogen (secondary N) is 1. The molecule has 0 spiro atoms. The van der Waals surface area contributed by atoms with Crippen molar-refractivity contribution >= 4 is 10.8 Å². The third kappa shape index (κ3) is 2.57. The van der Waals surface area contributed by atoms with E-state index in [1.807, 2.05) is 19.2 Å². The van der Waals surface area contributed by atoms with E-state index in [1.165, 1.54) is 16.3 Å². The molecule has 2 aromatic carbocycles. The minimum atomic E-state index is 0.771. The van der Waals surface area contributed by atoms with Crippen molar-refractivity contribution in [2.45, 2.75) is 6.42 Å². The molecule has 0 saturated carbocycles. The van der Waals surface area contributed by atoms with E-state index in [0.29, 0.717) is 0 Å². The van der Waals surface area contributed by atoms with Crippen molar-refractivity contribution in [3.05, 3.63) is 35.9 Å². The predicted octanol–water partition coefficient (Wildman–Crippen LogP) is 2.62. The number of rotatable bonds is 5. The van der Waals surface area contributed by atoms with Gasteiger partial charge < -0.3 is 14.8 Å². The van der Waals surface area contributed by atoms with E-state index in [2.05, 4.69) is 23.5 Å². The fraction of sp³-hybridized carbons (Fsp3) is 0.333. The van der Waals surface area contributed by atoms with E-state index >= 15 is 0 Å². The SMILES string of the molecule is CNCCc1ccc2cc(OC)c(OC)cc2c1. The Kier molecular flexibility index (Phi) is 4.05. The number of benzene rings is 2. The Labute approximate surface area is 108 Å². The number of hydrogen-bond acceptors (Lipinski definition) is 3. The lowest BCUT2D eigenvalue weighted by atomic mass is 10.0. The monoisotopic (exact) mass is 245 g/mol. The molecular weight excluding hydrogens is 226 g/mol. The molecule has 1 N–H and O–H groups in total. The van der Waals surface area contributed by atoms with Gasteiger partial charge in [0.15, 0.2) is 11.5 Å². The zero-order valence-electron chi connectivity index (χ0n) is 11.1. The highest BCUT2D eigenvalue weighted by Crippen LogP contribution is 2.32. The van der Waals surface area contributed by atoms with Gasteiger partial charge in [-0.15, -0.1) is 0 Å². The molecule has 0 fully saturated rings. The molecule has 96 valence electrons. The zero-order chi connectivity index (χ0) is 13.0. The minimum absolute atomic E-state index is 0.771. The van der Waals surface area contributed by atoms with Crippen LogP contribution < -0.4 is 14.8 Å². The largest absolute Gasteiger partial charge is 0.493 e. The van der Waals surface area contributed by atoms with Crippen molar-refractivity contribution in [1.29, 1.82) is 0 Å². The summed E-state index contributed by atoms with van der Waals surface area (Å²) >= 11 is 0. The Hall–Kier alpha value is -1.74. The smallest absolute Gasteiger partial charge is 0.161 e. The van der Waals surface area contributed by atoms with Crippen LogP contribution in [0.1, 0.15) is 5.56 Å². The van der Waals surface area contributed by atoms with Crippen LogP contribution in [0.2, 0.25) is 0 Å². The van der Waals surface area contributed by atoms with Gasteiger partial charge in [-0.25, -0.2) is 0 Å². The van der Waals surface area contributed by atoms with Gasteiger partial charge in [0, 0.05) is 0 Å². The standard InChI is InChI=1S/C15H19NO2/c1-16-7-6-11-4-5-12-9-14(17-2)15(18-3)10-13(12)8-11/h4-5,8-10,16H,6-7H2,1-3H3. The molecule has 0 radical (unpaired) electrons. The van der Waals surface area contributed by atoms with E-state index < -0.39 is 0 Å². The lowest BCUT2D eigenvalue weighted by molar-refractivity contribution is 0.356. The van der Waals surface area contributed by atoms with E-state index in [-0.39, 0.29) is 0 Å². The number of ether oxygens (including phenoxy) is 2. The van der Waals surface area contributed by atoms with Crippen molar-refractivity contribution in [3.63, 3.8) is 0 Å². The highest BCUT2D eigenvalue weighted by molar-refractivity contribution is 5.86. The van der Waals surface area contributed by atoms with Gasteiger partial charge in [0.25, 0.3) is 0 Å². The second kappa shape index (κ2) is 5.74. The third-order valence-corrected chi connectivity index (χ3v) is 3.07. The highest BCUT2D eigenvalue weighted by atomic mass is 16.5. The molecule has 0 unspecified atom stereocenters. The summed E-state index contributed by atoms with van der Waals surface area (Å²) in [5.74, 6) is 1.55. The molecule has 2 rings (SSSR count). The molecular formula is C15H19NO2. The van der Waals surface area contributed by atoms with E-state index in [9.17, 15) is 0 Å². The molecule has 0 aliphatic rings. The molecule has 3 heteroatoms. The molecule has 0 aliphatic carbocycles. The maximum Gasteiger partial charge on any atom is 0.161 e. The van der Waals surface area contributed by atoms with Gasteiger partial charge in [-0.05, 0) is 48.5 Å². The summed E-state index contributed by atoms with van der Waals surface area (Å²) in [5, 5.41) is 5.51. The van der Waals surface area contributed by atoms with Gasteiger partial charge in [0.05, 0.1) is 14.2 Å². The molecule has 0 amide bonds. The van der Waals surface area contributed by atoms with Crippen molar-refractivity contribution in [2.75, 3.05) is 27.8 Å². The van der Waals surface area contributed by atoms with Gasteiger partial charge in [-0.3, -0.25) is 0 Å². The van der Waals surface area contributed by atoms with Gasteiger partial charge in [0.2, 0.25) is 0 Å². The second-order valence-electron chi connectivity index (χ2n) is 4.24. The van der Waals surface area contributed by atoms with Crippen molar-refractivity contribution in [1.82, 2.24) is 5.32 Å². The normalized spacial score (nSPS) is 10.6. The van der Waals surface area contributed by atoms with Crippen molar-refractivity contribution in [3.8, 4) is 11.5 Å². The summed E-state index contributed by atoms with van der Waals surface area (Å²) in [6.45, 7) is 0.985. The number of hydrogen-bond donors (Lipinski definition) is 1. The minimum Gasteiger partial charge on any atom is -0.493 e.